The average molecular weight is 415 g/mol. The molecule has 0 nitrogen and oxygen atoms in total. The summed E-state index contributed by atoms with van der Waals surface area (Å²) in [5.74, 6) is 0.381. The molecule has 1 fully saturated rings. The van der Waals surface area contributed by atoms with Gasteiger partial charge in [-0.15, -0.1) is 0 Å². The van der Waals surface area contributed by atoms with Crippen LogP contribution in [0.4, 0.5) is 8.78 Å². The van der Waals surface area contributed by atoms with Crippen molar-refractivity contribution in [3.63, 3.8) is 0 Å². The van der Waals surface area contributed by atoms with Gasteiger partial charge in [0.1, 0.15) is 11.6 Å². The second-order valence-corrected chi connectivity index (χ2v) is 9.67. The van der Waals surface area contributed by atoms with Gasteiger partial charge in [0, 0.05) is 11.5 Å². The van der Waals surface area contributed by atoms with Crippen LogP contribution in [0.25, 0.3) is 0 Å². The van der Waals surface area contributed by atoms with Crippen LogP contribution in [0.2, 0.25) is 0 Å². The second-order valence-electron chi connectivity index (χ2n) is 9.67. The minimum Gasteiger partial charge on any atom is -0.207 e. The van der Waals surface area contributed by atoms with Crippen molar-refractivity contribution in [2.45, 2.75) is 102 Å². The molecule has 1 atom stereocenters. The number of allylic oxidation sites excluding steroid dienone is 4. The zero-order valence-electron chi connectivity index (χ0n) is 18.9. The lowest BCUT2D eigenvalue weighted by Crippen LogP contribution is -2.36. The molecule has 1 aromatic rings. The molecule has 2 heteroatoms. The topological polar surface area (TPSA) is 0 Å². The Morgan fingerprint density at radius 2 is 1.43 bits per heavy atom. The molecule has 1 aromatic carbocycles. The minimum atomic E-state index is -0.462. The van der Waals surface area contributed by atoms with Crippen LogP contribution in [-0.4, -0.2) is 0 Å². The fourth-order valence-electron chi connectivity index (χ4n) is 5.75. The molecular formula is C28H40F2. The normalized spacial score (nSPS) is 26.2. The van der Waals surface area contributed by atoms with Crippen LogP contribution >= 0.6 is 0 Å². The predicted molar refractivity (Wildman–Crippen MR) is 124 cm³/mol. The maximum atomic E-state index is 14.0. The molecule has 0 radical (unpaired) electrons. The van der Waals surface area contributed by atoms with Gasteiger partial charge in [0.05, 0.1) is 0 Å². The van der Waals surface area contributed by atoms with Crippen LogP contribution < -0.4 is 0 Å². The minimum absolute atomic E-state index is 0.249. The number of unbranched alkanes of at least 4 members (excludes halogenated alkanes) is 7. The molecule has 0 aromatic heterocycles. The van der Waals surface area contributed by atoms with Gasteiger partial charge in [0.2, 0.25) is 0 Å². The third kappa shape index (κ3) is 6.28. The first-order chi connectivity index (χ1) is 14.6. The van der Waals surface area contributed by atoms with Gasteiger partial charge in [0.25, 0.3) is 0 Å². The third-order valence-corrected chi connectivity index (χ3v) is 7.54. The summed E-state index contributed by atoms with van der Waals surface area (Å²) in [6, 6.07) is 4.10. The fraction of sp³-hybridized carbons (Fsp3) is 0.643. The summed E-state index contributed by atoms with van der Waals surface area (Å²) >= 11 is 0. The Morgan fingerprint density at radius 1 is 0.800 bits per heavy atom. The largest absolute Gasteiger partial charge is 0.207 e. The van der Waals surface area contributed by atoms with Crippen LogP contribution in [0.3, 0.4) is 0 Å². The number of hydrogen-bond donors (Lipinski definition) is 0. The third-order valence-electron chi connectivity index (χ3n) is 7.54. The van der Waals surface area contributed by atoms with Gasteiger partial charge >= 0.3 is 0 Å². The Kier molecular flexibility index (Phi) is 9.15. The highest BCUT2D eigenvalue weighted by Gasteiger charge is 2.40. The second kappa shape index (κ2) is 11.8. The van der Waals surface area contributed by atoms with Crippen molar-refractivity contribution in [3.8, 4) is 0 Å². The van der Waals surface area contributed by atoms with E-state index in [1.165, 1.54) is 70.6 Å². The van der Waals surface area contributed by atoms with E-state index in [0.29, 0.717) is 5.92 Å². The lowest BCUT2D eigenvalue weighted by atomic mass is 9.61. The van der Waals surface area contributed by atoms with Gasteiger partial charge in [-0.25, -0.2) is 8.78 Å². The first-order valence-electron chi connectivity index (χ1n) is 12.4. The molecular weight excluding hydrogens is 374 g/mol. The summed E-state index contributed by atoms with van der Waals surface area (Å²) in [5, 5.41) is 0. The van der Waals surface area contributed by atoms with Gasteiger partial charge in [-0.05, 0) is 48.8 Å². The Labute approximate surface area is 182 Å². The van der Waals surface area contributed by atoms with Crippen molar-refractivity contribution in [2.24, 2.45) is 11.8 Å². The van der Waals surface area contributed by atoms with Crippen LogP contribution in [0.15, 0.2) is 42.5 Å². The summed E-state index contributed by atoms with van der Waals surface area (Å²) < 4.78 is 28.0. The molecule has 0 spiro atoms. The molecule has 2 aliphatic rings. The molecule has 1 unspecified atom stereocenters. The Hall–Kier alpha value is -1.44. The molecule has 0 bridgehead atoms. The zero-order chi connectivity index (χ0) is 21.2. The molecule has 0 saturated heterocycles. The van der Waals surface area contributed by atoms with E-state index in [0.717, 1.165) is 36.8 Å². The van der Waals surface area contributed by atoms with Gasteiger partial charge in [-0.3, -0.25) is 0 Å². The zero-order valence-corrected chi connectivity index (χ0v) is 18.9. The highest BCUT2D eigenvalue weighted by Crippen LogP contribution is 2.48. The molecule has 1 saturated carbocycles. The summed E-state index contributed by atoms with van der Waals surface area (Å²) in [4.78, 5) is 0. The number of halogens is 2. The van der Waals surface area contributed by atoms with E-state index in [4.69, 9.17) is 0 Å². The van der Waals surface area contributed by atoms with E-state index in [2.05, 4.69) is 31.2 Å². The summed E-state index contributed by atoms with van der Waals surface area (Å²) in [7, 11) is 0. The van der Waals surface area contributed by atoms with E-state index in [1.807, 2.05) is 0 Å². The van der Waals surface area contributed by atoms with Crippen molar-refractivity contribution in [1.29, 1.82) is 0 Å². The molecule has 30 heavy (non-hydrogen) atoms. The van der Waals surface area contributed by atoms with Crippen molar-refractivity contribution in [1.82, 2.24) is 0 Å². The highest BCUT2D eigenvalue weighted by molar-refractivity contribution is 5.37. The predicted octanol–water partition coefficient (Wildman–Crippen LogP) is 9.06. The molecule has 166 valence electrons. The number of hydrogen-bond acceptors (Lipinski definition) is 0. The summed E-state index contributed by atoms with van der Waals surface area (Å²) in [6.45, 7) is 2.27. The van der Waals surface area contributed by atoms with Gasteiger partial charge in [0.15, 0.2) is 0 Å². The molecule has 0 amide bonds. The van der Waals surface area contributed by atoms with Crippen molar-refractivity contribution in [2.75, 3.05) is 0 Å². The lowest BCUT2D eigenvalue weighted by Gasteiger charge is -2.43. The molecule has 0 aliphatic heterocycles. The van der Waals surface area contributed by atoms with Gasteiger partial charge in [-0.2, -0.15) is 0 Å². The summed E-state index contributed by atoms with van der Waals surface area (Å²) in [6.07, 6.45) is 26.6. The van der Waals surface area contributed by atoms with Crippen LogP contribution in [0, 0.1) is 23.5 Å². The fourth-order valence-corrected chi connectivity index (χ4v) is 5.75. The van der Waals surface area contributed by atoms with Crippen LogP contribution in [0.5, 0.6) is 0 Å². The first kappa shape index (κ1) is 23.2. The standard InChI is InChI=1S/C28H40F2/c1-2-3-4-5-6-7-8-10-13-23-14-16-24(17-15-23)28(18-11-9-12-19-28)25-20-26(29)22-27(30)21-25/h9,11-12,18,20-24H,2-8,10,13-17,19H2,1H3. The van der Waals surface area contributed by atoms with Crippen molar-refractivity contribution >= 4 is 0 Å². The number of benzene rings is 1. The highest BCUT2D eigenvalue weighted by atomic mass is 19.1. The average Bonchev–Trinajstić information content (AvgIpc) is 2.76. The van der Waals surface area contributed by atoms with E-state index < -0.39 is 11.6 Å². The van der Waals surface area contributed by atoms with Gasteiger partial charge < -0.3 is 0 Å². The Bertz CT molecular complexity index is 676. The maximum absolute atomic E-state index is 14.0. The lowest BCUT2D eigenvalue weighted by molar-refractivity contribution is 0.192. The monoisotopic (exact) mass is 414 g/mol. The van der Waals surface area contributed by atoms with E-state index >= 15 is 0 Å². The van der Waals surface area contributed by atoms with E-state index in [-0.39, 0.29) is 5.41 Å². The summed E-state index contributed by atoms with van der Waals surface area (Å²) in [5.41, 5.74) is 0.563. The SMILES string of the molecule is CCCCCCCCCCC1CCC(C2(c3cc(F)cc(F)c3)C=CC=CC2)CC1. The first-order valence-corrected chi connectivity index (χ1v) is 12.4. The molecule has 3 rings (SSSR count). The van der Waals surface area contributed by atoms with Crippen molar-refractivity contribution in [3.05, 3.63) is 59.7 Å². The van der Waals surface area contributed by atoms with E-state index in [9.17, 15) is 8.78 Å². The molecule has 0 heterocycles. The van der Waals surface area contributed by atoms with Crippen LogP contribution in [-0.2, 0) is 5.41 Å². The quantitative estimate of drug-likeness (QED) is 0.317. The smallest absolute Gasteiger partial charge is 0.126 e. The van der Waals surface area contributed by atoms with Crippen molar-refractivity contribution < 1.29 is 8.78 Å². The van der Waals surface area contributed by atoms with E-state index in [1.54, 1.807) is 12.1 Å². The Balaban J connectivity index is 1.49. The number of rotatable bonds is 11. The molecule has 2 aliphatic carbocycles. The van der Waals surface area contributed by atoms with Crippen LogP contribution in [0.1, 0.15) is 102 Å². The Morgan fingerprint density at radius 3 is 2.03 bits per heavy atom. The maximum Gasteiger partial charge on any atom is 0.126 e. The molecule has 0 N–H and O–H groups in total. The van der Waals surface area contributed by atoms with Gasteiger partial charge in [-0.1, -0.05) is 102 Å².